The van der Waals surface area contributed by atoms with Crippen molar-refractivity contribution in [3.63, 3.8) is 0 Å². The second-order valence-electron chi connectivity index (χ2n) is 5.67. The number of nitro groups is 1. The van der Waals surface area contributed by atoms with Gasteiger partial charge in [0.15, 0.2) is 11.6 Å². The Bertz CT molecular complexity index is 985. The number of hydrogen-bond acceptors (Lipinski definition) is 7. The number of ketones is 1. The van der Waals surface area contributed by atoms with Crippen molar-refractivity contribution < 1.29 is 14.5 Å². The number of thioether (sulfide) groups is 1. The fraction of sp³-hybridized carbons (Fsp3) is 0.167. The van der Waals surface area contributed by atoms with Gasteiger partial charge in [0.25, 0.3) is 5.69 Å². The molecule has 0 spiro atoms. The van der Waals surface area contributed by atoms with Gasteiger partial charge in [-0.2, -0.15) is 0 Å². The van der Waals surface area contributed by atoms with Crippen molar-refractivity contribution in [3.8, 4) is 17.1 Å². The first-order valence-electron chi connectivity index (χ1n) is 7.96. The summed E-state index contributed by atoms with van der Waals surface area (Å²) in [6, 6.07) is 11.8. The number of rotatable bonds is 7. The maximum atomic E-state index is 12.3. The summed E-state index contributed by atoms with van der Waals surface area (Å²) in [5.74, 6) is 1.18. The van der Waals surface area contributed by atoms with E-state index in [1.54, 1.807) is 26.2 Å². The number of aromatic amines is 1. The molecule has 1 aromatic heterocycles. The zero-order chi connectivity index (χ0) is 19.4. The zero-order valence-electron chi connectivity index (χ0n) is 14.6. The number of nitro benzene ring substituents is 1. The van der Waals surface area contributed by atoms with Crippen molar-refractivity contribution in [2.75, 3.05) is 12.9 Å². The minimum absolute atomic E-state index is 0.0643. The predicted octanol–water partition coefficient (Wildman–Crippen LogP) is 3.67. The van der Waals surface area contributed by atoms with E-state index in [4.69, 9.17) is 4.74 Å². The molecule has 0 unspecified atom stereocenters. The minimum atomic E-state index is -0.490. The number of benzene rings is 2. The van der Waals surface area contributed by atoms with Gasteiger partial charge in [0.1, 0.15) is 5.75 Å². The second-order valence-corrected chi connectivity index (χ2v) is 6.61. The number of aryl methyl sites for hydroxylation is 1. The van der Waals surface area contributed by atoms with Gasteiger partial charge in [-0.1, -0.05) is 23.9 Å². The summed E-state index contributed by atoms with van der Waals surface area (Å²) in [4.78, 5) is 27.2. The van der Waals surface area contributed by atoms with Crippen LogP contribution in [0.25, 0.3) is 11.4 Å². The molecule has 0 aliphatic rings. The molecule has 0 aliphatic carbocycles. The Balaban J connectivity index is 1.67. The van der Waals surface area contributed by atoms with Gasteiger partial charge < -0.3 is 4.74 Å². The molecule has 2 aromatic carbocycles. The van der Waals surface area contributed by atoms with Crippen molar-refractivity contribution in [1.29, 1.82) is 0 Å². The van der Waals surface area contributed by atoms with E-state index in [-0.39, 0.29) is 17.2 Å². The number of ether oxygens (including phenoxy) is 1. The van der Waals surface area contributed by atoms with Crippen LogP contribution in [-0.2, 0) is 0 Å². The minimum Gasteiger partial charge on any atom is -0.497 e. The van der Waals surface area contributed by atoms with Gasteiger partial charge in [-0.3, -0.25) is 20.0 Å². The van der Waals surface area contributed by atoms with E-state index >= 15 is 0 Å². The molecule has 0 radical (unpaired) electrons. The van der Waals surface area contributed by atoms with Gasteiger partial charge in [-0.25, -0.2) is 4.98 Å². The van der Waals surface area contributed by atoms with E-state index in [0.717, 1.165) is 11.3 Å². The Labute approximate surface area is 159 Å². The molecule has 0 saturated carbocycles. The van der Waals surface area contributed by atoms with Crippen LogP contribution in [0.1, 0.15) is 15.9 Å². The summed E-state index contributed by atoms with van der Waals surface area (Å²) >= 11 is 1.17. The van der Waals surface area contributed by atoms with E-state index in [2.05, 4.69) is 15.2 Å². The number of H-pyrrole nitrogens is 1. The van der Waals surface area contributed by atoms with Crippen LogP contribution in [0, 0.1) is 17.0 Å². The van der Waals surface area contributed by atoms with Crippen LogP contribution in [-0.4, -0.2) is 38.8 Å². The Morgan fingerprint density at radius 2 is 2.00 bits per heavy atom. The fourth-order valence-electron chi connectivity index (χ4n) is 2.38. The molecule has 3 aromatic rings. The Kier molecular flexibility index (Phi) is 5.51. The molecule has 1 N–H and O–H groups in total. The number of aromatic nitrogens is 3. The summed E-state index contributed by atoms with van der Waals surface area (Å²) in [6.07, 6.45) is 0. The normalized spacial score (nSPS) is 10.6. The summed E-state index contributed by atoms with van der Waals surface area (Å²) in [5.41, 5.74) is 1.59. The lowest BCUT2D eigenvalue weighted by molar-refractivity contribution is -0.385. The molecule has 0 atom stereocenters. The van der Waals surface area contributed by atoms with Crippen LogP contribution in [0.15, 0.2) is 47.6 Å². The molecule has 0 amide bonds. The maximum Gasteiger partial charge on any atom is 0.273 e. The lowest BCUT2D eigenvalue weighted by Gasteiger charge is -2.02. The van der Waals surface area contributed by atoms with Crippen LogP contribution in [0.5, 0.6) is 5.75 Å². The van der Waals surface area contributed by atoms with E-state index in [0.29, 0.717) is 22.1 Å². The second kappa shape index (κ2) is 8.00. The summed E-state index contributed by atoms with van der Waals surface area (Å²) in [5, 5.41) is 18.4. The highest BCUT2D eigenvalue weighted by Crippen LogP contribution is 2.24. The molecule has 27 heavy (non-hydrogen) atoms. The highest BCUT2D eigenvalue weighted by atomic mass is 32.2. The first-order chi connectivity index (χ1) is 13.0. The molecular weight excluding hydrogens is 368 g/mol. The van der Waals surface area contributed by atoms with Crippen molar-refractivity contribution in [2.24, 2.45) is 0 Å². The van der Waals surface area contributed by atoms with Crippen LogP contribution in [0.2, 0.25) is 0 Å². The fourth-order valence-corrected chi connectivity index (χ4v) is 3.07. The highest BCUT2D eigenvalue weighted by molar-refractivity contribution is 7.99. The number of Topliss-reactive ketones (excluding diaryl/α,β-unsaturated/α-hetero) is 1. The summed E-state index contributed by atoms with van der Waals surface area (Å²) < 4.78 is 5.12. The first-order valence-corrected chi connectivity index (χ1v) is 8.94. The average molecular weight is 384 g/mol. The molecule has 1 heterocycles. The largest absolute Gasteiger partial charge is 0.497 e. The first kappa shape index (κ1) is 18.6. The van der Waals surface area contributed by atoms with Crippen molar-refractivity contribution in [3.05, 3.63) is 63.7 Å². The Morgan fingerprint density at radius 1 is 1.26 bits per heavy atom. The number of hydrogen-bond donors (Lipinski definition) is 1. The molecule has 9 heteroatoms. The SMILES string of the molecule is COc1ccc(-c2nc(SCC(=O)c3ccc(C)c([N+](=O)[O-])c3)n[nH]2)cc1. The van der Waals surface area contributed by atoms with Gasteiger partial charge in [0.2, 0.25) is 5.16 Å². The molecule has 8 nitrogen and oxygen atoms in total. The number of carbonyl (C=O) groups is 1. The van der Waals surface area contributed by atoms with E-state index in [1.807, 2.05) is 24.3 Å². The Morgan fingerprint density at radius 3 is 2.67 bits per heavy atom. The van der Waals surface area contributed by atoms with E-state index in [1.165, 1.54) is 17.8 Å². The monoisotopic (exact) mass is 384 g/mol. The van der Waals surface area contributed by atoms with Gasteiger partial charge in [-0.05, 0) is 31.2 Å². The molecule has 0 aliphatic heterocycles. The van der Waals surface area contributed by atoms with Gasteiger partial charge >= 0.3 is 0 Å². The van der Waals surface area contributed by atoms with Crippen LogP contribution >= 0.6 is 11.8 Å². The predicted molar refractivity (Wildman–Crippen MR) is 101 cm³/mol. The number of methoxy groups -OCH3 is 1. The van der Waals surface area contributed by atoms with Gasteiger partial charge in [-0.15, -0.1) is 5.10 Å². The van der Waals surface area contributed by atoms with Gasteiger partial charge in [0, 0.05) is 22.8 Å². The zero-order valence-corrected chi connectivity index (χ0v) is 15.4. The lowest BCUT2D eigenvalue weighted by atomic mass is 10.1. The van der Waals surface area contributed by atoms with E-state index < -0.39 is 4.92 Å². The topological polar surface area (TPSA) is 111 Å². The number of nitrogens with one attached hydrogen (secondary N) is 1. The van der Waals surface area contributed by atoms with Crippen LogP contribution < -0.4 is 4.74 Å². The number of carbonyl (C=O) groups excluding carboxylic acids is 1. The van der Waals surface area contributed by atoms with Crippen molar-refractivity contribution >= 4 is 23.2 Å². The summed E-state index contributed by atoms with van der Waals surface area (Å²) in [7, 11) is 1.60. The molecule has 0 fully saturated rings. The van der Waals surface area contributed by atoms with Crippen molar-refractivity contribution in [2.45, 2.75) is 12.1 Å². The molecule has 0 saturated heterocycles. The van der Waals surface area contributed by atoms with Gasteiger partial charge in [0.05, 0.1) is 17.8 Å². The quantitative estimate of drug-likeness (QED) is 0.286. The van der Waals surface area contributed by atoms with Crippen molar-refractivity contribution in [1.82, 2.24) is 15.2 Å². The molecule has 0 bridgehead atoms. The molecular formula is C18H16N4O4S. The third-order valence-corrected chi connectivity index (χ3v) is 4.74. The third kappa shape index (κ3) is 4.32. The molecule has 3 rings (SSSR count). The standard InChI is InChI=1S/C18H16N4O4S/c1-11-3-4-13(9-15(11)22(24)25)16(23)10-27-18-19-17(20-21-18)12-5-7-14(26-2)8-6-12/h3-9H,10H2,1-2H3,(H,19,20,21). The van der Waals surface area contributed by atoms with E-state index in [9.17, 15) is 14.9 Å². The van der Waals surface area contributed by atoms with Crippen LogP contribution in [0.4, 0.5) is 5.69 Å². The number of nitrogens with zero attached hydrogens (tertiary/aromatic N) is 3. The third-order valence-electron chi connectivity index (χ3n) is 3.89. The Hall–Kier alpha value is -3.20. The van der Waals surface area contributed by atoms with Crippen LogP contribution in [0.3, 0.4) is 0 Å². The highest BCUT2D eigenvalue weighted by Gasteiger charge is 2.16. The average Bonchev–Trinajstić information content (AvgIpc) is 3.15. The lowest BCUT2D eigenvalue weighted by Crippen LogP contribution is -2.04. The maximum absolute atomic E-state index is 12.3. The smallest absolute Gasteiger partial charge is 0.273 e. The molecule has 138 valence electrons. The summed E-state index contributed by atoms with van der Waals surface area (Å²) in [6.45, 7) is 1.63.